The standard InChI is InChI=1S/C9H8BrF2NO2/c1-4-3-13-5(2-6(14)15)7(8(4)10)9(11)12/h3,9H,2H2,1H3,(H,14,15). The van der Waals surface area contributed by atoms with Crippen LogP contribution in [0.1, 0.15) is 23.2 Å². The van der Waals surface area contributed by atoms with E-state index in [0.29, 0.717) is 5.56 Å². The highest BCUT2D eigenvalue weighted by Gasteiger charge is 2.20. The van der Waals surface area contributed by atoms with Gasteiger partial charge in [0.05, 0.1) is 17.7 Å². The summed E-state index contributed by atoms with van der Waals surface area (Å²) in [4.78, 5) is 14.1. The van der Waals surface area contributed by atoms with Gasteiger partial charge in [0.25, 0.3) is 6.43 Å². The van der Waals surface area contributed by atoms with Crippen LogP contribution in [-0.4, -0.2) is 16.1 Å². The largest absolute Gasteiger partial charge is 0.481 e. The molecule has 15 heavy (non-hydrogen) atoms. The average Bonchev–Trinajstić information content (AvgIpc) is 2.10. The first-order chi connectivity index (χ1) is 6.93. The summed E-state index contributed by atoms with van der Waals surface area (Å²) >= 11 is 3.01. The summed E-state index contributed by atoms with van der Waals surface area (Å²) in [5.74, 6) is -1.18. The zero-order valence-electron chi connectivity index (χ0n) is 7.80. The van der Waals surface area contributed by atoms with Gasteiger partial charge in [-0.25, -0.2) is 8.78 Å². The molecule has 0 saturated heterocycles. The fraction of sp³-hybridized carbons (Fsp3) is 0.333. The van der Waals surface area contributed by atoms with Crippen molar-refractivity contribution in [1.29, 1.82) is 0 Å². The normalized spacial score (nSPS) is 10.7. The Labute approximate surface area is 93.3 Å². The highest BCUT2D eigenvalue weighted by atomic mass is 79.9. The number of carboxylic acids is 1. The molecule has 0 unspecified atom stereocenters. The van der Waals surface area contributed by atoms with Crippen molar-refractivity contribution >= 4 is 21.9 Å². The number of carboxylic acid groups (broad SMARTS) is 1. The Morgan fingerprint density at radius 1 is 1.67 bits per heavy atom. The van der Waals surface area contributed by atoms with E-state index in [1.165, 1.54) is 6.20 Å². The minimum Gasteiger partial charge on any atom is -0.481 e. The quantitative estimate of drug-likeness (QED) is 0.926. The van der Waals surface area contributed by atoms with Crippen LogP contribution in [-0.2, 0) is 11.2 Å². The summed E-state index contributed by atoms with van der Waals surface area (Å²) in [6, 6.07) is 0. The second kappa shape index (κ2) is 4.65. The van der Waals surface area contributed by atoms with Gasteiger partial charge in [-0.15, -0.1) is 0 Å². The van der Waals surface area contributed by atoms with Crippen molar-refractivity contribution in [3.05, 3.63) is 27.5 Å². The van der Waals surface area contributed by atoms with Gasteiger partial charge in [0.1, 0.15) is 0 Å². The molecule has 82 valence electrons. The van der Waals surface area contributed by atoms with Gasteiger partial charge in [0.2, 0.25) is 0 Å². The van der Waals surface area contributed by atoms with Gasteiger partial charge in [-0.05, 0) is 28.4 Å². The molecule has 0 aromatic carbocycles. The van der Waals surface area contributed by atoms with E-state index in [1.807, 2.05) is 0 Å². The molecule has 0 aliphatic heterocycles. The molecule has 1 aromatic heterocycles. The van der Waals surface area contributed by atoms with Crippen molar-refractivity contribution < 1.29 is 18.7 Å². The summed E-state index contributed by atoms with van der Waals surface area (Å²) < 4.78 is 25.5. The monoisotopic (exact) mass is 279 g/mol. The van der Waals surface area contributed by atoms with Gasteiger partial charge < -0.3 is 5.11 Å². The predicted octanol–water partition coefficient (Wildman–Crippen LogP) is 2.72. The Kier molecular flexibility index (Phi) is 3.73. The second-order valence-electron chi connectivity index (χ2n) is 2.99. The fourth-order valence-corrected chi connectivity index (χ4v) is 1.65. The van der Waals surface area contributed by atoms with E-state index in [9.17, 15) is 13.6 Å². The fourth-order valence-electron chi connectivity index (χ4n) is 1.15. The van der Waals surface area contributed by atoms with Gasteiger partial charge in [-0.2, -0.15) is 0 Å². The van der Waals surface area contributed by atoms with Crippen LogP contribution in [0.3, 0.4) is 0 Å². The molecule has 6 heteroatoms. The smallest absolute Gasteiger partial charge is 0.309 e. The Morgan fingerprint density at radius 2 is 2.27 bits per heavy atom. The van der Waals surface area contributed by atoms with Crippen LogP contribution >= 0.6 is 15.9 Å². The number of aryl methyl sites for hydroxylation is 1. The molecule has 0 aliphatic carbocycles. The number of nitrogens with zero attached hydrogens (tertiary/aromatic N) is 1. The average molecular weight is 280 g/mol. The van der Waals surface area contributed by atoms with E-state index in [0.717, 1.165) is 0 Å². The SMILES string of the molecule is Cc1cnc(CC(=O)O)c(C(F)F)c1Br. The van der Waals surface area contributed by atoms with Crippen molar-refractivity contribution in [1.82, 2.24) is 4.98 Å². The van der Waals surface area contributed by atoms with Crippen LogP contribution in [0, 0.1) is 6.92 Å². The van der Waals surface area contributed by atoms with Crippen LogP contribution in [0.5, 0.6) is 0 Å². The lowest BCUT2D eigenvalue weighted by molar-refractivity contribution is -0.136. The molecule has 0 amide bonds. The van der Waals surface area contributed by atoms with Gasteiger partial charge in [0.15, 0.2) is 0 Å². The van der Waals surface area contributed by atoms with Crippen LogP contribution in [0.2, 0.25) is 0 Å². The molecule has 3 nitrogen and oxygen atoms in total. The third kappa shape index (κ3) is 2.71. The molecule has 1 N–H and O–H groups in total. The molecular formula is C9H8BrF2NO2. The third-order valence-electron chi connectivity index (χ3n) is 1.84. The van der Waals surface area contributed by atoms with E-state index < -0.39 is 18.8 Å². The number of rotatable bonds is 3. The summed E-state index contributed by atoms with van der Waals surface area (Å²) in [7, 11) is 0. The number of carbonyl (C=O) groups is 1. The molecule has 0 bridgehead atoms. The molecule has 0 radical (unpaired) electrons. The molecular weight excluding hydrogens is 272 g/mol. The maximum atomic E-state index is 12.7. The van der Waals surface area contributed by atoms with Gasteiger partial charge >= 0.3 is 5.97 Å². The molecule has 0 saturated carbocycles. The molecule has 1 rings (SSSR count). The molecule has 1 aromatic rings. The molecule has 1 heterocycles. The predicted molar refractivity (Wildman–Crippen MR) is 53.0 cm³/mol. The topological polar surface area (TPSA) is 50.2 Å². The number of alkyl halides is 2. The van der Waals surface area contributed by atoms with Crippen molar-refractivity contribution in [2.45, 2.75) is 19.8 Å². The van der Waals surface area contributed by atoms with Crippen LogP contribution in [0.25, 0.3) is 0 Å². The summed E-state index contributed by atoms with van der Waals surface area (Å²) in [6.45, 7) is 1.62. The minimum atomic E-state index is -2.74. The minimum absolute atomic E-state index is 0.102. The van der Waals surface area contributed by atoms with Crippen LogP contribution in [0.4, 0.5) is 8.78 Å². The maximum Gasteiger partial charge on any atom is 0.309 e. The lowest BCUT2D eigenvalue weighted by Gasteiger charge is -2.10. The third-order valence-corrected chi connectivity index (χ3v) is 2.90. The Bertz CT molecular complexity index is 396. The van der Waals surface area contributed by atoms with E-state index in [1.54, 1.807) is 6.92 Å². The van der Waals surface area contributed by atoms with Crippen molar-refractivity contribution in [2.75, 3.05) is 0 Å². The number of pyridine rings is 1. The van der Waals surface area contributed by atoms with E-state index in [2.05, 4.69) is 20.9 Å². The maximum absolute atomic E-state index is 12.7. The molecule has 0 aliphatic rings. The number of hydrogen-bond acceptors (Lipinski definition) is 2. The molecule has 0 spiro atoms. The Balaban J connectivity index is 3.26. The van der Waals surface area contributed by atoms with Crippen LogP contribution < -0.4 is 0 Å². The Hall–Kier alpha value is -1.04. The van der Waals surface area contributed by atoms with Crippen LogP contribution in [0.15, 0.2) is 10.7 Å². The first kappa shape index (κ1) is 12.0. The first-order valence-corrected chi connectivity index (χ1v) is 4.86. The van der Waals surface area contributed by atoms with Gasteiger partial charge in [0, 0.05) is 10.7 Å². The summed E-state index contributed by atoms with van der Waals surface area (Å²) in [5.41, 5.74) is 0.117. The zero-order valence-corrected chi connectivity index (χ0v) is 9.38. The summed E-state index contributed by atoms with van der Waals surface area (Å²) in [6.07, 6.45) is -1.87. The zero-order chi connectivity index (χ0) is 11.6. The number of aliphatic carboxylic acids is 1. The first-order valence-electron chi connectivity index (χ1n) is 4.07. The van der Waals surface area contributed by atoms with E-state index in [-0.39, 0.29) is 15.7 Å². The highest BCUT2D eigenvalue weighted by molar-refractivity contribution is 9.10. The number of aromatic nitrogens is 1. The van der Waals surface area contributed by atoms with E-state index >= 15 is 0 Å². The van der Waals surface area contributed by atoms with Gasteiger partial charge in [-0.1, -0.05) is 0 Å². The molecule has 0 fully saturated rings. The number of halogens is 3. The lowest BCUT2D eigenvalue weighted by atomic mass is 10.1. The number of hydrogen-bond donors (Lipinski definition) is 1. The Morgan fingerprint density at radius 3 is 2.73 bits per heavy atom. The van der Waals surface area contributed by atoms with Gasteiger partial charge in [-0.3, -0.25) is 9.78 Å². The van der Waals surface area contributed by atoms with Crippen molar-refractivity contribution in [3.63, 3.8) is 0 Å². The van der Waals surface area contributed by atoms with Crippen molar-refractivity contribution in [2.24, 2.45) is 0 Å². The van der Waals surface area contributed by atoms with E-state index in [4.69, 9.17) is 5.11 Å². The van der Waals surface area contributed by atoms with Crippen molar-refractivity contribution in [3.8, 4) is 0 Å². The lowest BCUT2D eigenvalue weighted by Crippen LogP contribution is -2.08. The second-order valence-corrected chi connectivity index (χ2v) is 3.78. The molecule has 0 atom stereocenters. The summed E-state index contributed by atoms with van der Waals surface area (Å²) in [5, 5.41) is 8.53. The highest BCUT2D eigenvalue weighted by Crippen LogP contribution is 2.31.